The van der Waals surface area contributed by atoms with Gasteiger partial charge in [-0.15, -0.1) is 0 Å². The van der Waals surface area contributed by atoms with Crippen LogP contribution in [0.1, 0.15) is 27.7 Å². The fourth-order valence-electron chi connectivity index (χ4n) is 2.96. The van der Waals surface area contributed by atoms with Crippen LogP contribution in [0.25, 0.3) is 0 Å². The van der Waals surface area contributed by atoms with Crippen LogP contribution >= 0.6 is 0 Å². The molecule has 0 bridgehead atoms. The maximum absolute atomic E-state index is 14.3. The monoisotopic (exact) mass is 630 g/mol. The van der Waals surface area contributed by atoms with E-state index in [9.17, 15) is 67.1 Å². The van der Waals surface area contributed by atoms with Gasteiger partial charge in [0.05, 0.1) is 0 Å². The Morgan fingerprint density at radius 3 is 1.52 bits per heavy atom. The molecular formula is C18H19F9O12S. The number of carbonyl (C=O) groups excluding carboxylic acids is 4. The average molecular weight is 630 g/mol. The molecular weight excluding hydrogens is 611 g/mol. The lowest BCUT2D eigenvalue weighted by Gasteiger charge is -2.44. The SMILES string of the molecule is CC(=O)OC[C@H]1O[C@@H](OC(C)=O)[C@@H](OS(=O)(=O)C(F)(F)C(F)(F)C(F)(F)C(F)(F)F)[C@@H](OC(C)=O)[C@@H]1OC(C)=O. The van der Waals surface area contributed by atoms with Crippen LogP contribution in [0.2, 0.25) is 0 Å². The third-order valence-electron chi connectivity index (χ3n) is 4.60. The standard InChI is InChI=1S/C18H19F9O12S/c1-6(28)34-5-10-11(35-7(2)29)12(36-8(3)30)13(14(38-10)37-9(4)31)39-40(32,33)18(26,27)16(21,22)15(19,20)17(23,24)25/h10-14H,5H2,1-4H3/t10-,11-,12+,13+,14-/m1/s1. The summed E-state index contributed by atoms with van der Waals surface area (Å²) in [5.41, 5.74) is 0. The van der Waals surface area contributed by atoms with Gasteiger partial charge in [0.1, 0.15) is 12.7 Å². The minimum Gasteiger partial charge on any atom is -0.463 e. The summed E-state index contributed by atoms with van der Waals surface area (Å²) in [4.78, 5) is 45.9. The van der Waals surface area contributed by atoms with Crippen molar-refractivity contribution in [1.82, 2.24) is 0 Å². The molecule has 1 heterocycles. The van der Waals surface area contributed by atoms with Gasteiger partial charge in [-0.2, -0.15) is 47.9 Å². The number of halogens is 9. The Bertz CT molecular complexity index is 1090. The summed E-state index contributed by atoms with van der Waals surface area (Å²) < 4.78 is 172. The number of rotatable bonds is 10. The number of ether oxygens (including phenoxy) is 5. The molecule has 0 aromatic rings. The van der Waals surface area contributed by atoms with Gasteiger partial charge in [-0.25, -0.2) is 0 Å². The van der Waals surface area contributed by atoms with Gasteiger partial charge in [0.15, 0.2) is 18.3 Å². The molecule has 0 saturated carbocycles. The van der Waals surface area contributed by atoms with Gasteiger partial charge in [0, 0.05) is 27.7 Å². The Kier molecular flexibility index (Phi) is 10.5. The molecule has 1 aliphatic rings. The molecule has 0 spiro atoms. The van der Waals surface area contributed by atoms with E-state index < -0.39 is 94.6 Å². The van der Waals surface area contributed by atoms with Crippen LogP contribution in [0.5, 0.6) is 0 Å². The zero-order valence-corrected chi connectivity index (χ0v) is 21.1. The van der Waals surface area contributed by atoms with Crippen molar-refractivity contribution in [3.05, 3.63) is 0 Å². The Hall–Kier alpha value is -2.88. The van der Waals surface area contributed by atoms with E-state index in [1.54, 1.807) is 0 Å². The molecule has 12 nitrogen and oxygen atoms in total. The molecule has 22 heteroatoms. The predicted molar refractivity (Wildman–Crippen MR) is 103 cm³/mol. The number of hydrogen-bond donors (Lipinski definition) is 0. The summed E-state index contributed by atoms with van der Waals surface area (Å²) in [6.07, 6.45) is -20.0. The van der Waals surface area contributed by atoms with Crippen molar-refractivity contribution in [2.24, 2.45) is 0 Å². The summed E-state index contributed by atoms with van der Waals surface area (Å²) in [5.74, 6) is -20.6. The highest BCUT2D eigenvalue weighted by atomic mass is 32.2. The maximum atomic E-state index is 14.3. The van der Waals surface area contributed by atoms with E-state index >= 15 is 0 Å². The normalized spacial score (nSPS) is 24.6. The quantitative estimate of drug-likeness (QED) is 0.150. The highest BCUT2D eigenvalue weighted by Crippen LogP contribution is 2.55. The van der Waals surface area contributed by atoms with Crippen LogP contribution in [-0.2, 0) is 57.2 Å². The highest BCUT2D eigenvalue weighted by Gasteiger charge is 2.86. The zero-order valence-electron chi connectivity index (χ0n) is 20.3. The Balaban J connectivity index is 3.75. The second kappa shape index (κ2) is 11.9. The smallest absolute Gasteiger partial charge is 0.460 e. The van der Waals surface area contributed by atoms with Crippen molar-refractivity contribution >= 4 is 34.0 Å². The maximum Gasteiger partial charge on any atom is 0.460 e. The molecule has 1 rings (SSSR count). The van der Waals surface area contributed by atoms with Crippen molar-refractivity contribution in [3.63, 3.8) is 0 Å². The van der Waals surface area contributed by atoms with Crippen LogP contribution in [0, 0.1) is 0 Å². The Labute approximate surface area is 218 Å². The molecule has 0 amide bonds. The molecule has 0 aromatic heterocycles. The molecule has 0 aliphatic carbocycles. The molecule has 0 unspecified atom stereocenters. The highest BCUT2D eigenvalue weighted by molar-refractivity contribution is 7.87. The number of alkyl halides is 9. The van der Waals surface area contributed by atoms with Crippen molar-refractivity contribution in [2.75, 3.05) is 6.61 Å². The van der Waals surface area contributed by atoms with Gasteiger partial charge in [0.2, 0.25) is 6.29 Å². The fourth-order valence-corrected chi connectivity index (χ4v) is 4.01. The van der Waals surface area contributed by atoms with Crippen molar-refractivity contribution in [3.8, 4) is 0 Å². The topological polar surface area (TPSA) is 158 Å². The van der Waals surface area contributed by atoms with Crippen LogP contribution in [0.3, 0.4) is 0 Å². The van der Waals surface area contributed by atoms with Gasteiger partial charge in [0.25, 0.3) is 0 Å². The molecule has 40 heavy (non-hydrogen) atoms. The van der Waals surface area contributed by atoms with Gasteiger partial charge < -0.3 is 23.7 Å². The summed E-state index contributed by atoms with van der Waals surface area (Å²) >= 11 is 0. The van der Waals surface area contributed by atoms with E-state index in [2.05, 4.69) is 18.4 Å². The predicted octanol–water partition coefficient (Wildman–Crippen LogP) is 1.84. The summed E-state index contributed by atoms with van der Waals surface area (Å²) in [5, 5.41) is -7.37. The minimum atomic E-state index is -7.71. The van der Waals surface area contributed by atoms with Gasteiger partial charge >= 0.3 is 57.3 Å². The van der Waals surface area contributed by atoms with E-state index in [1.807, 2.05) is 0 Å². The average Bonchev–Trinajstić information content (AvgIpc) is 2.74. The van der Waals surface area contributed by atoms with Gasteiger partial charge in [-0.05, 0) is 0 Å². The Morgan fingerprint density at radius 2 is 1.12 bits per heavy atom. The first kappa shape index (κ1) is 35.1. The summed E-state index contributed by atoms with van der Waals surface area (Å²) in [6, 6.07) is 0. The number of esters is 4. The van der Waals surface area contributed by atoms with E-state index in [1.165, 1.54) is 0 Å². The van der Waals surface area contributed by atoms with Crippen molar-refractivity contribution < 1.29 is 95.0 Å². The third kappa shape index (κ3) is 7.25. The van der Waals surface area contributed by atoms with Crippen LogP contribution < -0.4 is 0 Å². The summed E-state index contributed by atoms with van der Waals surface area (Å²) in [7, 11) is -7.64. The fraction of sp³-hybridized carbons (Fsp3) is 0.778. The number of carbonyl (C=O) groups is 4. The lowest BCUT2D eigenvalue weighted by molar-refractivity contribution is -0.383. The first-order valence-corrected chi connectivity index (χ1v) is 11.6. The molecule has 0 radical (unpaired) electrons. The van der Waals surface area contributed by atoms with Gasteiger partial charge in [-0.3, -0.25) is 23.4 Å². The lowest BCUT2D eigenvalue weighted by Crippen LogP contribution is -2.66. The van der Waals surface area contributed by atoms with E-state index in [-0.39, 0.29) is 0 Å². The first-order chi connectivity index (χ1) is 17.8. The van der Waals surface area contributed by atoms with Crippen LogP contribution in [0.4, 0.5) is 39.5 Å². The second-order valence-electron chi connectivity index (χ2n) is 7.78. The molecule has 1 saturated heterocycles. The zero-order chi connectivity index (χ0) is 31.6. The third-order valence-corrected chi connectivity index (χ3v) is 5.96. The molecule has 1 fully saturated rings. The first-order valence-electron chi connectivity index (χ1n) is 10.2. The van der Waals surface area contributed by atoms with Crippen molar-refractivity contribution in [1.29, 1.82) is 0 Å². The molecule has 232 valence electrons. The molecule has 0 aromatic carbocycles. The number of hydrogen-bond acceptors (Lipinski definition) is 12. The van der Waals surface area contributed by atoms with Crippen LogP contribution in [0.15, 0.2) is 0 Å². The molecule has 1 aliphatic heterocycles. The van der Waals surface area contributed by atoms with E-state index in [0.717, 1.165) is 6.92 Å². The minimum absolute atomic E-state index is 0.570. The molecule has 5 atom stereocenters. The molecule has 0 N–H and O–H groups in total. The Morgan fingerprint density at radius 1 is 0.675 bits per heavy atom. The van der Waals surface area contributed by atoms with Crippen LogP contribution in [-0.4, -0.2) is 92.9 Å². The summed E-state index contributed by atoms with van der Waals surface area (Å²) in [6.45, 7) is 1.68. The lowest BCUT2D eigenvalue weighted by atomic mass is 9.98. The van der Waals surface area contributed by atoms with Gasteiger partial charge in [-0.1, -0.05) is 0 Å². The van der Waals surface area contributed by atoms with E-state index in [0.29, 0.717) is 20.8 Å². The van der Waals surface area contributed by atoms with E-state index in [4.69, 9.17) is 9.47 Å². The van der Waals surface area contributed by atoms with Crippen molar-refractivity contribution in [2.45, 2.75) is 81.7 Å². The largest absolute Gasteiger partial charge is 0.463 e. The second-order valence-corrected chi connectivity index (χ2v) is 9.39.